The van der Waals surface area contributed by atoms with Crippen LogP contribution in [-0.2, 0) is 16.0 Å². The Kier molecular flexibility index (Phi) is 7.44. The number of aromatic amines is 1. The highest BCUT2D eigenvalue weighted by molar-refractivity contribution is 7.82. The molecule has 2 heterocycles. The SMILES string of the molecule is [C-]#[N+]c1cn2[nH]c(-c3cccc(NS(=O)Oc4ccccc4C)c3)nc2c1C(=O)OC1C(C)CC(C)CC1C. The second kappa shape index (κ2) is 10.9. The van der Waals surface area contributed by atoms with Gasteiger partial charge in [-0.2, -0.15) is 4.21 Å². The fraction of sp³-hybridized carbons (Fsp3) is 0.345. The van der Waals surface area contributed by atoms with Gasteiger partial charge < -0.3 is 8.92 Å². The summed E-state index contributed by atoms with van der Waals surface area (Å²) in [6.45, 7) is 15.9. The Morgan fingerprint density at radius 1 is 1.15 bits per heavy atom. The molecule has 0 amide bonds. The Labute approximate surface area is 230 Å². The summed E-state index contributed by atoms with van der Waals surface area (Å²) < 4.78 is 28.5. The van der Waals surface area contributed by atoms with Crippen LogP contribution in [-0.4, -0.2) is 30.9 Å². The van der Waals surface area contributed by atoms with Gasteiger partial charge in [0.2, 0.25) is 5.69 Å². The van der Waals surface area contributed by atoms with E-state index in [1.54, 1.807) is 35.0 Å². The maximum Gasteiger partial charge on any atom is 0.331 e. The molecule has 5 rings (SSSR count). The Hall–Kier alpha value is -4.10. The molecule has 9 nitrogen and oxygen atoms in total. The highest BCUT2D eigenvalue weighted by Crippen LogP contribution is 2.37. The van der Waals surface area contributed by atoms with Crippen LogP contribution in [0.5, 0.6) is 5.75 Å². The summed E-state index contributed by atoms with van der Waals surface area (Å²) in [6, 6.07) is 14.5. The van der Waals surface area contributed by atoms with E-state index in [0.29, 0.717) is 34.4 Å². The molecule has 4 aromatic rings. The lowest BCUT2D eigenvalue weighted by molar-refractivity contribution is -0.0249. The number of carbonyl (C=O) groups is 1. The summed E-state index contributed by atoms with van der Waals surface area (Å²) >= 11 is -1.81. The number of para-hydroxylation sites is 1. The number of aromatic nitrogens is 3. The molecule has 3 atom stereocenters. The number of esters is 1. The third kappa shape index (κ3) is 5.54. The fourth-order valence-electron chi connectivity index (χ4n) is 5.52. The van der Waals surface area contributed by atoms with Crippen LogP contribution < -0.4 is 8.91 Å². The molecule has 0 saturated heterocycles. The third-order valence-corrected chi connectivity index (χ3v) is 7.97. The molecule has 39 heavy (non-hydrogen) atoms. The van der Waals surface area contributed by atoms with E-state index in [1.807, 2.05) is 31.2 Å². The molecule has 0 radical (unpaired) electrons. The minimum Gasteiger partial charge on any atom is -0.459 e. The zero-order chi connectivity index (χ0) is 27.7. The number of nitrogens with zero attached hydrogens (tertiary/aromatic N) is 3. The van der Waals surface area contributed by atoms with Crippen molar-refractivity contribution in [3.8, 4) is 17.1 Å². The predicted molar refractivity (Wildman–Crippen MR) is 151 cm³/mol. The van der Waals surface area contributed by atoms with Crippen molar-refractivity contribution in [1.82, 2.24) is 14.6 Å². The largest absolute Gasteiger partial charge is 0.459 e. The lowest BCUT2D eigenvalue weighted by atomic mass is 9.75. The first-order valence-electron chi connectivity index (χ1n) is 13.0. The van der Waals surface area contributed by atoms with Gasteiger partial charge in [-0.1, -0.05) is 51.1 Å². The van der Waals surface area contributed by atoms with Crippen LogP contribution in [0.25, 0.3) is 21.9 Å². The van der Waals surface area contributed by atoms with Crippen LogP contribution >= 0.6 is 0 Å². The molecule has 1 aliphatic rings. The van der Waals surface area contributed by atoms with Gasteiger partial charge in [0.25, 0.3) is 0 Å². The van der Waals surface area contributed by atoms with E-state index >= 15 is 0 Å². The first kappa shape index (κ1) is 26.5. The van der Waals surface area contributed by atoms with Gasteiger partial charge in [-0.05, 0) is 61.3 Å². The minimum absolute atomic E-state index is 0.160. The highest BCUT2D eigenvalue weighted by atomic mass is 32.2. The summed E-state index contributed by atoms with van der Waals surface area (Å²) in [5, 5.41) is 3.14. The number of rotatable bonds is 7. The van der Waals surface area contributed by atoms with Gasteiger partial charge in [0.1, 0.15) is 17.4 Å². The van der Waals surface area contributed by atoms with E-state index in [2.05, 4.69) is 40.4 Å². The molecule has 0 bridgehead atoms. The monoisotopic (exact) mass is 545 g/mol. The van der Waals surface area contributed by atoms with Gasteiger partial charge in [-0.15, -0.1) is 0 Å². The number of carbonyl (C=O) groups excluding carboxylic acids is 1. The fourth-order valence-corrected chi connectivity index (χ4v) is 6.23. The predicted octanol–water partition coefficient (Wildman–Crippen LogP) is 6.49. The molecule has 0 aliphatic heterocycles. The summed E-state index contributed by atoms with van der Waals surface area (Å²) in [6.07, 6.45) is 3.35. The van der Waals surface area contributed by atoms with E-state index in [1.165, 1.54) is 0 Å². The van der Waals surface area contributed by atoms with Gasteiger partial charge in [-0.3, -0.25) is 14.3 Å². The van der Waals surface area contributed by atoms with Gasteiger partial charge in [0, 0.05) is 11.8 Å². The number of fused-ring (bicyclic) bond motifs is 1. The van der Waals surface area contributed by atoms with Crippen LogP contribution in [0, 0.1) is 31.2 Å². The van der Waals surface area contributed by atoms with Gasteiger partial charge in [-0.25, -0.2) is 14.6 Å². The number of hydrogen-bond donors (Lipinski definition) is 2. The highest BCUT2D eigenvalue weighted by Gasteiger charge is 2.35. The molecular weight excluding hydrogens is 514 g/mol. The number of ether oxygens (including phenoxy) is 1. The lowest BCUT2D eigenvalue weighted by Gasteiger charge is -2.37. The van der Waals surface area contributed by atoms with Crippen molar-refractivity contribution < 1.29 is 17.9 Å². The Bertz CT molecular complexity index is 1570. The van der Waals surface area contributed by atoms with Crippen LogP contribution in [0.4, 0.5) is 11.4 Å². The van der Waals surface area contributed by atoms with Gasteiger partial charge in [0.05, 0.1) is 12.3 Å². The Morgan fingerprint density at radius 3 is 2.62 bits per heavy atom. The zero-order valence-electron chi connectivity index (χ0n) is 22.3. The molecule has 0 spiro atoms. The second-order valence-electron chi connectivity index (χ2n) is 10.4. The molecule has 1 fully saturated rings. The smallest absolute Gasteiger partial charge is 0.331 e. The van der Waals surface area contributed by atoms with E-state index in [-0.39, 0.29) is 29.2 Å². The molecule has 2 aromatic heterocycles. The maximum absolute atomic E-state index is 13.3. The van der Waals surface area contributed by atoms with Crippen molar-refractivity contribution in [2.45, 2.75) is 46.6 Å². The van der Waals surface area contributed by atoms with Gasteiger partial charge >= 0.3 is 17.2 Å². The van der Waals surface area contributed by atoms with Crippen molar-refractivity contribution in [3.63, 3.8) is 0 Å². The van der Waals surface area contributed by atoms with Crippen molar-refractivity contribution in [2.24, 2.45) is 17.8 Å². The zero-order valence-corrected chi connectivity index (χ0v) is 23.1. The van der Waals surface area contributed by atoms with E-state index < -0.39 is 17.2 Å². The Balaban J connectivity index is 1.37. The molecular formula is C29H31N5O4S. The summed E-state index contributed by atoms with van der Waals surface area (Å²) in [5.41, 5.74) is 2.82. The van der Waals surface area contributed by atoms with E-state index in [9.17, 15) is 9.00 Å². The van der Waals surface area contributed by atoms with Crippen molar-refractivity contribution in [3.05, 3.63) is 77.3 Å². The van der Waals surface area contributed by atoms with Crippen molar-refractivity contribution in [1.29, 1.82) is 0 Å². The molecule has 1 aliphatic carbocycles. The van der Waals surface area contributed by atoms with Gasteiger partial charge in [0.15, 0.2) is 11.5 Å². The standard InChI is InChI=1S/C29H31N5O4S/c1-17-13-19(3)26(20(4)14-17)37-29(35)25-23(30-5)16-34-28(25)31-27(32-34)21-10-8-11-22(15-21)33-39(36)38-24-12-7-6-9-18(24)2/h6-12,15-17,19-20,26,33H,13-14H2,1-4H3,(H,31,32). The van der Waals surface area contributed by atoms with Crippen molar-refractivity contribution in [2.75, 3.05) is 4.72 Å². The Morgan fingerprint density at radius 2 is 1.90 bits per heavy atom. The lowest BCUT2D eigenvalue weighted by Crippen LogP contribution is -2.37. The summed E-state index contributed by atoms with van der Waals surface area (Å²) in [5.74, 6) is 1.56. The number of benzene rings is 2. The van der Waals surface area contributed by atoms with Crippen LogP contribution in [0.1, 0.15) is 49.5 Å². The van der Waals surface area contributed by atoms with Crippen LogP contribution in [0.15, 0.2) is 54.7 Å². The average molecular weight is 546 g/mol. The minimum atomic E-state index is -1.81. The number of nitrogens with one attached hydrogen (secondary N) is 2. The third-order valence-electron chi connectivity index (χ3n) is 7.24. The molecule has 1 saturated carbocycles. The molecule has 2 aromatic carbocycles. The number of aryl methyl sites for hydroxylation is 1. The normalized spacial score (nSPS) is 21.7. The molecule has 202 valence electrons. The first-order chi connectivity index (χ1) is 18.7. The van der Waals surface area contributed by atoms with Crippen LogP contribution in [0.2, 0.25) is 0 Å². The molecule has 2 N–H and O–H groups in total. The quantitative estimate of drug-likeness (QED) is 0.204. The molecule has 3 unspecified atom stereocenters. The number of anilines is 1. The average Bonchev–Trinajstić information content (AvgIpc) is 3.45. The number of hydrogen-bond acceptors (Lipinski definition) is 5. The maximum atomic E-state index is 13.3. The number of H-pyrrole nitrogens is 1. The first-order valence-corrected chi connectivity index (χ1v) is 14.0. The summed E-state index contributed by atoms with van der Waals surface area (Å²) in [4.78, 5) is 21.5. The molecule has 10 heteroatoms. The van der Waals surface area contributed by atoms with E-state index in [0.717, 1.165) is 18.4 Å². The van der Waals surface area contributed by atoms with E-state index in [4.69, 9.17) is 15.5 Å². The topological polar surface area (TPSA) is 102 Å². The van der Waals surface area contributed by atoms with Crippen LogP contribution in [0.3, 0.4) is 0 Å². The second-order valence-corrected chi connectivity index (χ2v) is 11.3. The van der Waals surface area contributed by atoms with Crippen molar-refractivity contribution >= 4 is 34.3 Å². The summed E-state index contributed by atoms with van der Waals surface area (Å²) in [7, 11) is 0.